The Morgan fingerprint density at radius 2 is 0.820 bits per heavy atom. The molecule has 0 saturated carbocycles. The van der Waals surface area contributed by atoms with Gasteiger partial charge < -0.3 is 20.4 Å². The lowest BCUT2D eigenvalue weighted by molar-refractivity contribution is -0.193. The summed E-state index contributed by atoms with van der Waals surface area (Å²) in [6, 6.07) is 3.47. The minimum atomic E-state index is -1.29. The molecule has 0 aromatic heterocycles. The van der Waals surface area contributed by atoms with E-state index >= 15 is 0 Å². The third-order valence-electron chi connectivity index (χ3n) is 10.3. The number of carbonyl (C=O) groups is 4. The number of carboxylic acid groups (broad SMARTS) is 4. The molecule has 0 aromatic carbocycles. The van der Waals surface area contributed by atoms with Crippen molar-refractivity contribution in [1.82, 2.24) is 0 Å². The van der Waals surface area contributed by atoms with Gasteiger partial charge in [0.15, 0.2) is 0 Å². The Morgan fingerprint density at radius 1 is 0.508 bits per heavy atom. The molecule has 12 nitrogen and oxygen atoms in total. The molecule has 4 N–H and O–H groups in total. The maximum absolute atomic E-state index is 11.2. The van der Waals surface area contributed by atoms with Crippen molar-refractivity contribution in [3.05, 3.63) is 12.2 Å². The smallest absolute Gasteiger partial charge is 0.373 e. The highest BCUT2D eigenvalue weighted by Crippen LogP contribution is 2.25. The zero-order chi connectivity index (χ0) is 48.0. The Kier molecular flexibility index (Phi) is 52.5. The zero-order valence-electron chi connectivity index (χ0n) is 40.0. The first-order chi connectivity index (χ1) is 28.6. The molecule has 0 saturated heterocycles. The van der Waals surface area contributed by atoms with E-state index in [1.54, 1.807) is 0 Å². The van der Waals surface area contributed by atoms with E-state index in [1.807, 2.05) is 0 Å². The number of aliphatic carboxylic acids is 4. The van der Waals surface area contributed by atoms with Crippen molar-refractivity contribution in [2.24, 2.45) is 17.8 Å². The zero-order valence-corrected chi connectivity index (χ0v) is 42.0. The molecule has 0 aliphatic heterocycles. The van der Waals surface area contributed by atoms with Crippen LogP contribution < -0.4 is 0 Å². The maximum Gasteiger partial charge on any atom is 0.373 e. The van der Waals surface area contributed by atoms with Crippen LogP contribution in [0.5, 0.6) is 0 Å². The summed E-state index contributed by atoms with van der Waals surface area (Å²) >= 11 is 0. The first-order valence-electron chi connectivity index (χ1n) is 23.1. The minimum Gasteiger partial charge on any atom is -0.481 e. The SMILES string of the molecule is C/C=C\CCC(C)C.CCCCCCCCCCCCCCCCCC[Si](C)(C)CCCC(CC(=O)O)C(=O)O.C[Si](C)(C)CCCC(CC(=O)O)C(=O)O.O=C=O.O=C=O. The fraction of sp³-hybridized carbons (Fsp3) is 0.830. The second kappa shape index (κ2) is 47.9. The Bertz CT molecular complexity index is 1140. The summed E-state index contributed by atoms with van der Waals surface area (Å²) in [4.78, 5) is 75.6. The fourth-order valence-electron chi connectivity index (χ4n) is 6.63. The van der Waals surface area contributed by atoms with Gasteiger partial charge in [-0.15, -0.1) is 0 Å². The Hall–Kier alpha value is -3.19. The number of allylic oxidation sites excluding steroid dienone is 2. The second-order valence-corrected chi connectivity index (χ2v) is 29.5. The lowest BCUT2D eigenvalue weighted by atomic mass is 10.0. The van der Waals surface area contributed by atoms with Crippen LogP contribution in [0.25, 0.3) is 0 Å². The molecular weight excluding hydrogens is 813 g/mol. The van der Waals surface area contributed by atoms with Crippen LogP contribution in [0.3, 0.4) is 0 Å². The van der Waals surface area contributed by atoms with Gasteiger partial charge in [0, 0.05) is 16.1 Å². The van der Waals surface area contributed by atoms with Crippen LogP contribution in [-0.2, 0) is 38.4 Å². The molecule has 0 spiro atoms. The number of unbranched alkanes of at least 4 members (excludes halogenated alkanes) is 15. The number of carbonyl (C=O) groups excluding carboxylic acids is 4. The van der Waals surface area contributed by atoms with Crippen molar-refractivity contribution in [1.29, 1.82) is 0 Å². The predicted molar refractivity (Wildman–Crippen MR) is 249 cm³/mol. The van der Waals surface area contributed by atoms with Crippen LogP contribution >= 0.6 is 0 Å². The molecule has 0 aliphatic rings. The van der Waals surface area contributed by atoms with Crippen LogP contribution in [0.4, 0.5) is 0 Å². The van der Waals surface area contributed by atoms with Crippen LogP contribution in [0, 0.1) is 17.8 Å². The Balaban J connectivity index is -0.000000294. The molecule has 2 atom stereocenters. The van der Waals surface area contributed by atoms with Crippen LogP contribution in [-0.4, -0.2) is 72.8 Å². The summed E-state index contributed by atoms with van der Waals surface area (Å²) in [7, 11) is -2.43. The van der Waals surface area contributed by atoms with Gasteiger partial charge in [0.05, 0.1) is 24.7 Å². The van der Waals surface area contributed by atoms with Crippen molar-refractivity contribution in [3.8, 4) is 0 Å². The molecule has 0 fully saturated rings. The van der Waals surface area contributed by atoms with E-state index in [9.17, 15) is 19.2 Å². The molecule has 0 radical (unpaired) electrons. The summed E-state index contributed by atoms with van der Waals surface area (Å²) in [5.74, 6) is -4.60. The molecule has 0 bridgehead atoms. The molecule has 2 unspecified atom stereocenters. The van der Waals surface area contributed by atoms with Gasteiger partial charge in [-0.2, -0.15) is 19.2 Å². The van der Waals surface area contributed by atoms with E-state index in [0.717, 1.165) is 30.8 Å². The topological polar surface area (TPSA) is 217 Å². The van der Waals surface area contributed by atoms with E-state index in [0.29, 0.717) is 12.8 Å². The molecule has 0 rings (SSSR count). The average molecular weight is 903 g/mol. The highest BCUT2D eigenvalue weighted by Gasteiger charge is 2.24. The lowest BCUT2D eigenvalue weighted by Crippen LogP contribution is -2.25. The van der Waals surface area contributed by atoms with Gasteiger partial charge in [-0.3, -0.25) is 19.2 Å². The van der Waals surface area contributed by atoms with Gasteiger partial charge >= 0.3 is 36.2 Å². The summed E-state index contributed by atoms with van der Waals surface area (Å²) in [5.41, 5.74) is 0. The van der Waals surface area contributed by atoms with E-state index < -0.39 is 51.9 Å². The number of carboxylic acids is 4. The molecule has 61 heavy (non-hydrogen) atoms. The predicted octanol–water partition coefficient (Wildman–Crippen LogP) is 13.0. The van der Waals surface area contributed by atoms with Gasteiger partial charge in [-0.25, -0.2) is 0 Å². The number of hydrogen-bond acceptors (Lipinski definition) is 8. The highest BCUT2D eigenvalue weighted by atomic mass is 28.3. The minimum absolute atomic E-state index is 0.250. The van der Waals surface area contributed by atoms with Crippen LogP contribution in [0.2, 0.25) is 50.9 Å². The largest absolute Gasteiger partial charge is 0.481 e. The van der Waals surface area contributed by atoms with E-state index in [1.165, 1.54) is 122 Å². The first-order valence-corrected chi connectivity index (χ1v) is 30.2. The van der Waals surface area contributed by atoms with E-state index in [4.69, 9.17) is 39.6 Å². The van der Waals surface area contributed by atoms with Crippen LogP contribution in [0.15, 0.2) is 12.2 Å². The van der Waals surface area contributed by atoms with Crippen molar-refractivity contribution < 1.29 is 58.8 Å². The molecule has 0 aliphatic carbocycles. The standard InChI is InChI=1S/C27H54O4Si.C10H20O4Si.C8H16.2CO2/c1-4-5-6-7-8-9-10-11-12-13-14-15-16-17-18-19-22-32(2,3)23-20-21-25(27(30)31)24-26(28)29;1-15(2,3)6-4-5-8(10(13)14)7-9(11)12;1-4-5-6-7-8(2)3;2*2-1-3/h25H,4-24H2,1-3H3,(H,28,29)(H,30,31);8H,4-7H2,1-3H3,(H,11,12)(H,13,14);4-5,8H,6-7H2,1-3H3;;/b;;5-4-;;. The highest BCUT2D eigenvalue weighted by molar-refractivity contribution is 6.77. The van der Waals surface area contributed by atoms with Gasteiger partial charge in [0.1, 0.15) is 0 Å². The van der Waals surface area contributed by atoms with Gasteiger partial charge in [-0.05, 0) is 38.5 Å². The quantitative estimate of drug-likeness (QED) is 0.0269. The third kappa shape index (κ3) is 66.1. The van der Waals surface area contributed by atoms with Gasteiger partial charge in [0.2, 0.25) is 0 Å². The van der Waals surface area contributed by atoms with Gasteiger partial charge in [0.25, 0.3) is 0 Å². The summed E-state index contributed by atoms with van der Waals surface area (Å²) < 4.78 is 0. The van der Waals surface area contributed by atoms with Crippen molar-refractivity contribution in [3.63, 3.8) is 0 Å². The van der Waals surface area contributed by atoms with Crippen molar-refractivity contribution in [2.75, 3.05) is 0 Å². The fourth-order valence-corrected chi connectivity index (χ4v) is 10.5. The molecule has 0 amide bonds. The molecule has 14 heteroatoms. The average Bonchev–Trinajstić information content (AvgIpc) is 3.14. The summed E-state index contributed by atoms with van der Waals surface area (Å²) in [6.45, 7) is 20.3. The van der Waals surface area contributed by atoms with E-state index in [2.05, 4.69) is 72.6 Å². The normalized spacial score (nSPS) is 11.8. The number of rotatable bonds is 34. The second-order valence-electron chi connectivity index (χ2n) is 18.5. The lowest BCUT2D eigenvalue weighted by Gasteiger charge is -2.23. The molecular formula is C47H90O12Si2. The summed E-state index contributed by atoms with van der Waals surface area (Å²) in [6.07, 6.45) is 31.8. The van der Waals surface area contributed by atoms with Gasteiger partial charge in [-0.1, -0.05) is 199 Å². The van der Waals surface area contributed by atoms with Crippen LogP contribution in [0.1, 0.15) is 182 Å². The van der Waals surface area contributed by atoms with Crippen molar-refractivity contribution in [2.45, 2.75) is 233 Å². The molecule has 0 aromatic rings. The van der Waals surface area contributed by atoms with Crippen molar-refractivity contribution >= 4 is 52.3 Å². The third-order valence-corrected chi connectivity index (χ3v) is 15.5. The Labute approximate surface area is 372 Å². The summed E-state index contributed by atoms with van der Waals surface area (Å²) in [5, 5.41) is 35.3. The van der Waals surface area contributed by atoms with E-state index in [-0.39, 0.29) is 25.1 Å². The first kappa shape index (κ1) is 66.9. The monoisotopic (exact) mass is 903 g/mol. The Morgan fingerprint density at radius 3 is 1.10 bits per heavy atom. The number of hydrogen-bond donors (Lipinski definition) is 4. The molecule has 358 valence electrons. The maximum atomic E-state index is 11.2. The molecule has 0 heterocycles.